The molecule has 21 heavy (non-hydrogen) atoms. The number of ether oxygens (including phenoxy) is 2. The number of aromatic carboxylic acids is 1. The Kier molecular flexibility index (Phi) is 4.84. The highest BCUT2D eigenvalue weighted by Crippen LogP contribution is 2.24. The molecule has 0 aliphatic heterocycles. The van der Waals surface area contributed by atoms with Gasteiger partial charge in [0.15, 0.2) is 0 Å². The van der Waals surface area contributed by atoms with Gasteiger partial charge in [0.25, 0.3) is 0 Å². The standard InChI is InChI=1S/C15H17NO5/c1-19-11-4-3-10(13(7-11)20-2)8-16-9-14-12(15(17)18)5-6-21-14/h3-7,16H,8-9H2,1-2H3,(H,17,18). The van der Waals surface area contributed by atoms with Crippen LogP contribution in [-0.4, -0.2) is 25.3 Å². The number of rotatable bonds is 7. The first-order valence-corrected chi connectivity index (χ1v) is 6.37. The van der Waals surface area contributed by atoms with Crippen LogP contribution in [0.25, 0.3) is 0 Å². The first-order valence-electron chi connectivity index (χ1n) is 6.37. The molecule has 0 saturated heterocycles. The second-order valence-corrected chi connectivity index (χ2v) is 4.34. The van der Waals surface area contributed by atoms with Crippen molar-refractivity contribution in [2.24, 2.45) is 0 Å². The van der Waals surface area contributed by atoms with Crippen LogP contribution in [0.2, 0.25) is 0 Å². The summed E-state index contributed by atoms with van der Waals surface area (Å²) in [5.74, 6) is 0.826. The Bertz CT molecular complexity index is 620. The summed E-state index contributed by atoms with van der Waals surface area (Å²) >= 11 is 0. The Hall–Kier alpha value is -2.47. The summed E-state index contributed by atoms with van der Waals surface area (Å²) in [5.41, 5.74) is 1.12. The van der Waals surface area contributed by atoms with Gasteiger partial charge >= 0.3 is 5.97 Å². The molecular formula is C15H17NO5. The van der Waals surface area contributed by atoms with Crippen LogP contribution in [0.4, 0.5) is 0 Å². The van der Waals surface area contributed by atoms with Crippen molar-refractivity contribution in [2.75, 3.05) is 14.2 Å². The molecule has 0 aliphatic carbocycles. The molecule has 2 aromatic rings. The van der Waals surface area contributed by atoms with E-state index in [4.69, 9.17) is 19.0 Å². The number of carboxylic acid groups (broad SMARTS) is 1. The molecule has 6 nitrogen and oxygen atoms in total. The molecule has 1 aromatic carbocycles. The molecule has 0 spiro atoms. The molecule has 0 saturated carbocycles. The fourth-order valence-electron chi connectivity index (χ4n) is 1.98. The number of hydrogen-bond acceptors (Lipinski definition) is 5. The minimum absolute atomic E-state index is 0.171. The number of nitrogens with one attached hydrogen (secondary N) is 1. The summed E-state index contributed by atoms with van der Waals surface area (Å²) in [5, 5.41) is 12.1. The Morgan fingerprint density at radius 1 is 1.24 bits per heavy atom. The molecule has 112 valence electrons. The zero-order valence-electron chi connectivity index (χ0n) is 11.9. The smallest absolute Gasteiger partial charge is 0.339 e. The van der Waals surface area contributed by atoms with E-state index in [9.17, 15) is 4.79 Å². The molecule has 0 atom stereocenters. The van der Waals surface area contributed by atoms with Crippen LogP contribution in [0.1, 0.15) is 21.7 Å². The third-order valence-electron chi connectivity index (χ3n) is 3.07. The Morgan fingerprint density at radius 2 is 2.05 bits per heavy atom. The third-order valence-corrected chi connectivity index (χ3v) is 3.07. The lowest BCUT2D eigenvalue weighted by Gasteiger charge is -2.11. The maximum absolute atomic E-state index is 11.0. The summed E-state index contributed by atoms with van der Waals surface area (Å²) in [6, 6.07) is 6.97. The van der Waals surface area contributed by atoms with Gasteiger partial charge in [-0.1, -0.05) is 6.07 Å². The van der Waals surface area contributed by atoms with E-state index in [1.807, 2.05) is 12.1 Å². The van der Waals surface area contributed by atoms with Gasteiger partial charge in [0, 0.05) is 18.2 Å². The van der Waals surface area contributed by atoms with Crippen molar-refractivity contribution in [3.05, 3.63) is 47.4 Å². The van der Waals surface area contributed by atoms with Crippen molar-refractivity contribution < 1.29 is 23.8 Å². The molecule has 0 aliphatic rings. The van der Waals surface area contributed by atoms with Crippen LogP contribution in [0.15, 0.2) is 34.9 Å². The van der Waals surface area contributed by atoms with Crippen LogP contribution in [-0.2, 0) is 13.1 Å². The topological polar surface area (TPSA) is 80.9 Å². The highest BCUT2D eigenvalue weighted by Gasteiger charge is 2.13. The van der Waals surface area contributed by atoms with Crippen molar-refractivity contribution in [1.29, 1.82) is 0 Å². The van der Waals surface area contributed by atoms with Crippen molar-refractivity contribution in [1.82, 2.24) is 5.32 Å². The van der Waals surface area contributed by atoms with Crippen molar-refractivity contribution in [3.63, 3.8) is 0 Å². The first kappa shape index (κ1) is 14.9. The number of hydrogen-bond donors (Lipinski definition) is 2. The minimum Gasteiger partial charge on any atom is -0.497 e. The zero-order valence-corrected chi connectivity index (χ0v) is 11.9. The number of benzene rings is 1. The van der Waals surface area contributed by atoms with E-state index in [2.05, 4.69) is 5.32 Å². The van der Waals surface area contributed by atoms with Gasteiger partial charge in [-0.05, 0) is 12.1 Å². The fraction of sp³-hybridized carbons (Fsp3) is 0.267. The van der Waals surface area contributed by atoms with Gasteiger partial charge in [-0.25, -0.2) is 4.79 Å². The quantitative estimate of drug-likeness (QED) is 0.814. The van der Waals surface area contributed by atoms with Crippen molar-refractivity contribution >= 4 is 5.97 Å². The summed E-state index contributed by atoms with van der Waals surface area (Å²) < 4.78 is 15.6. The predicted molar refractivity (Wildman–Crippen MR) is 75.8 cm³/mol. The van der Waals surface area contributed by atoms with Crippen LogP contribution < -0.4 is 14.8 Å². The molecule has 0 radical (unpaired) electrons. The lowest BCUT2D eigenvalue weighted by molar-refractivity contribution is 0.0694. The van der Waals surface area contributed by atoms with E-state index in [0.29, 0.717) is 24.6 Å². The molecule has 0 unspecified atom stereocenters. The lowest BCUT2D eigenvalue weighted by atomic mass is 10.2. The molecular weight excluding hydrogens is 274 g/mol. The molecule has 0 bridgehead atoms. The van der Waals surface area contributed by atoms with Crippen LogP contribution in [0.5, 0.6) is 11.5 Å². The number of carboxylic acids is 1. The number of carbonyl (C=O) groups is 1. The molecule has 2 rings (SSSR count). The van der Waals surface area contributed by atoms with Gasteiger partial charge in [0.1, 0.15) is 22.8 Å². The summed E-state index contributed by atoms with van der Waals surface area (Å²) in [6.45, 7) is 0.844. The zero-order chi connectivity index (χ0) is 15.2. The summed E-state index contributed by atoms with van der Waals surface area (Å²) in [7, 11) is 3.18. The van der Waals surface area contributed by atoms with Gasteiger partial charge in [-0.15, -0.1) is 0 Å². The molecule has 1 aromatic heterocycles. The second kappa shape index (κ2) is 6.81. The van der Waals surface area contributed by atoms with Gasteiger partial charge in [0.05, 0.1) is 27.0 Å². The Morgan fingerprint density at radius 3 is 2.71 bits per heavy atom. The molecule has 0 fully saturated rings. The average molecular weight is 291 g/mol. The average Bonchev–Trinajstić information content (AvgIpc) is 2.96. The van der Waals surface area contributed by atoms with E-state index in [-0.39, 0.29) is 5.56 Å². The van der Waals surface area contributed by atoms with Crippen molar-refractivity contribution in [2.45, 2.75) is 13.1 Å². The Balaban J connectivity index is 2.00. The molecule has 1 heterocycles. The number of methoxy groups -OCH3 is 2. The largest absolute Gasteiger partial charge is 0.497 e. The van der Waals surface area contributed by atoms with E-state index in [0.717, 1.165) is 11.3 Å². The minimum atomic E-state index is -0.998. The van der Waals surface area contributed by atoms with E-state index >= 15 is 0 Å². The molecule has 2 N–H and O–H groups in total. The first-order chi connectivity index (χ1) is 10.2. The molecule has 6 heteroatoms. The highest BCUT2D eigenvalue weighted by atomic mass is 16.5. The van der Waals surface area contributed by atoms with E-state index in [1.54, 1.807) is 20.3 Å². The maximum Gasteiger partial charge on any atom is 0.339 e. The second-order valence-electron chi connectivity index (χ2n) is 4.34. The maximum atomic E-state index is 11.0. The Labute approximate surface area is 122 Å². The van der Waals surface area contributed by atoms with Gasteiger partial charge < -0.3 is 24.3 Å². The normalized spacial score (nSPS) is 10.4. The SMILES string of the molecule is COc1ccc(CNCc2occc2C(=O)O)c(OC)c1. The van der Waals surface area contributed by atoms with Crippen LogP contribution in [0.3, 0.4) is 0 Å². The van der Waals surface area contributed by atoms with E-state index in [1.165, 1.54) is 12.3 Å². The monoisotopic (exact) mass is 291 g/mol. The van der Waals surface area contributed by atoms with Crippen LogP contribution in [0, 0.1) is 0 Å². The van der Waals surface area contributed by atoms with Crippen molar-refractivity contribution in [3.8, 4) is 11.5 Å². The van der Waals surface area contributed by atoms with Gasteiger partial charge in [-0.2, -0.15) is 0 Å². The predicted octanol–water partition coefficient (Wildman–Crippen LogP) is 2.28. The summed E-state index contributed by atoms with van der Waals surface area (Å²) in [4.78, 5) is 11.0. The summed E-state index contributed by atoms with van der Waals surface area (Å²) in [6.07, 6.45) is 1.37. The highest BCUT2D eigenvalue weighted by molar-refractivity contribution is 5.88. The van der Waals surface area contributed by atoms with E-state index < -0.39 is 5.97 Å². The van der Waals surface area contributed by atoms with Gasteiger partial charge in [-0.3, -0.25) is 0 Å². The van der Waals surface area contributed by atoms with Gasteiger partial charge in [0.2, 0.25) is 0 Å². The third kappa shape index (κ3) is 3.55. The lowest BCUT2D eigenvalue weighted by Crippen LogP contribution is -2.15. The number of furan rings is 1. The molecule has 0 amide bonds. The van der Waals surface area contributed by atoms with Crippen LogP contribution >= 0.6 is 0 Å². The fourth-order valence-corrected chi connectivity index (χ4v) is 1.98.